The van der Waals surface area contributed by atoms with Gasteiger partial charge in [-0.3, -0.25) is 9.59 Å². The molecule has 2 aromatic heterocycles. The zero-order valence-corrected chi connectivity index (χ0v) is 21.5. The topological polar surface area (TPSA) is 99.9 Å². The van der Waals surface area contributed by atoms with Crippen LogP contribution in [0.3, 0.4) is 0 Å². The summed E-state index contributed by atoms with van der Waals surface area (Å²) >= 11 is 1.20. The predicted molar refractivity (Wildman–Crippen MR) is 145 cm³/mol. The lowest BCUT2D eigenvalue weighted by molar-refractivity contribution is -0.143. The highest BCUT2D eigenvalue weighted by Crippen LogP contribution is 2.26. The molecule has 0 fully saturated rings. The number of fused-ring (bicyclic) bond motifs is 2. The summed E-state index contributed by atoms with van der Waals surface area (Å²) in [7, 11) is 1.31. The number of thiazole rings is 1. The molecule has 0 bridgehead atoms. The van der Waals surface area contributed by atoms with Gasteiger partial charge in [0.2, 0.25) is 0 Å². The maximum absolute atomic E-state index is 13.7. The van der Waals surface area contributed by atoms with Gasteiger partial charge in [0.05, 0.1) is 46.3 Å². The van der Waals surface area contributed by atoms with Gasteiger partial charge in [0.15, 0.2) is 4.80 Å². The number of hydrogen-bond acceptors (Lipinski definition) is 7. The number of ether oxygens (including phenoxy) is 2. The van der Waals surface area contributed by atoms with Crippen molar-refractivity contribution in [2.24, 2.45) is 4.99 Å². The largest absolute Gasteiger partial charge is 0.465 e. The SMILES string of the molecule is CCOC(=O)Cn1c(=NC(=O)c2cc(-c3ccccc3)nc3ccccc23)sc2cc(C(=O)OC)ccc21. The Bertz CT molecular complexity index is 1760. The molecule has 1 amide bonds. The third-order valence-corrected chi connectivity index (χ3v) is 6.95. The summed E-state index contributed by atoms with van der Waals surface area (Å²) in [5, 5.41) is 0.673. The molecule has 3 aromatic carbocycles. The van der Waals surface area contributed by atoms with Crippen LogP contribution in [0, 0.1) is 0 Å². The Balaban J connectivity index is 1.68. The smallest absolute Gasteiger partial charge is 0.337 e. The van der Waals surface area contributed by atoms with Crippen LogP contribution in [0.5, 0.6) is 0 Å². The Morgan fingerprint density at radius 2 is 1.74 bits per heavy atom. The molecule has 0 aliphatic heterocycles. The van der Waals surface area contributed by atoms with E-state index in [2.05, 4.69) is 4.99 Å². The molecular formula is C29H23N3O5S. The van der Waals surface area contributed by atoms with E-state index in [9.17, 15) is 14.4 Å². The van der Waals surface area contributed by atoms with Crippen LogP contribution in [0.25, 0.3) is 32.4 Å². The maximum Gasteiger partial charge on any atom is 0.337 e. The molecule has 8 nitrogen and oxygen atoms in total. The number of esters is 2. The normalized spacial score (nSPS) is 11.6. The number of nitrogens with zero attached hydrogens (tertiary/aromatic N) is 3. The first-order valence-electron chi connectivity index (χ1n) is 11.9. The lowest BCUT2D eigenvalue weighted by Crippen LogP contribution is -2.23. The van der Waals surface area contributed by atoms with E-state index in [1.807, 2.05) is 54.6 Å². The van der Waals surface area contributed by atoms with Crippen molar-refractivity contribution in [3.8, 4) is 11.3 Å². The van der Waals surface area contributed by atoms with E-state index < -0.39 is 17.8 Å². The van der Waals surface area contributed by atoms with E-state index in [0.29, 0.717) is 42.7 Å². The number of para-hydroxylation sites is 1. The maximum atomic E-state index is 13.7. The molecule has 0 aliphatic carbocycles. The molecule has 0 aliphatic rings. The van der Waals surface area contributed by atoms with Crippen molar-refractivity contribution in [2.45, 2.75) is 13.5 Å². The van der Waals surface area contributed by atoms with Crippen LogP contribution >= 0.6 is 11.3 Å². The van der Waals surface area contributed by atoms with Gasteiger partial charge in [-0.05, 0) is 37.3 Å². The number of carbonyl (C=O) groups is 3. The fourth-order valence-electron chi connectivity index (χ4n) is 4.15. The molecule has 0 saturated carbocycles. The van der Waals surface area contributed by atoms with E-state index in [4.69, 9.17) is 14.5 Å². The standard InChI is InChI=1S/C29H23N3O5S/c1-3-37-26(33)17-32-24-14-13-19(28(35)36-2)15-25(24)38-29(32)31-27(34)21-16-23(18-9-5-4-6-10-18)30-22-12-8-7-11-20(21)22/h4-16H,3,17H2,1-2H3. The minimum atomic E-state index is -0.483. The monoisotopic (exact) mass is 525 g/mol. The molecule has 2 heterocycles. The number of carbonyl (C=O) groups excluding carboxylic acids is 3. The predicted octanol–water partition coefficient (Wildman–Crippen LogP) is 5.01. The van der Waals surface area contributed by atoms with Crippen molar-refractivity contribution in [3.05, 3.63) is 94.8 Å². The van der Waals surface area contributed by atoms with Gasteiger partial charge in [0, 0.05) is 10.9 Å². The minimum Gasteiger partial charge on any atom is -0.465 e. The molecule has 0 unspecified atom stereocenters. The lowest BCUT2D eigenvalue weighted by atomic mass is 10.0. The summed E-state index contributed by atoms with van der Waals surface area (Å²) in [6.45, 7) is 1.82. The molecule has 0 N–H and O–H groups in total. The van der Waals surface area contributed by atoms with Gasteiger partial charge in [-0.25, -0.2) is 9.78 Å². The van der Waals surface area contributed by atoms with Crippen LogP contribution in [0.1, 0.15) is 27.6 Å². The van der Waals surface area contributed by atoms with Crippen molar-refractivity contribution in [3.63, 3.8) is 0 Å². The van der Waals surface area contributed by atoms with E-state index in [0.717, 1.165) is 5.56 Å². The Morgan fingerprint density at radius 1 is 0.974 bits per heavy atom. The minimum absolute atomic E-state index is 0.135. The van der Waals surface area contributed by atoms with Crippen LogP contribution in [-0.2, 0) is 20.8 Å². The summed E-state index contributed by atoms with van der Waals surface area (Å²) in [5.41, 5.74) is 3.60. The van der Waals surface area contributed by atoms with Crippen molar-refractivity contribution in [2.75, 3.05) is 13.7 Å². The molecule has 0 saturated heterocycles. The third-order valence-electron chi connectivity index (χ3n) is 5.91. The molecule has 9 heteroatoms. The first-order valence-corrected chi connectivity index (χ1v) is 12.7. The zero-order valence-electron chi connectivity index (χ0n) is 20.7. The average molecular weight is 526 g/mol. The Labute approximate surface area is 221 Å². The fraction of sp³-hybridized carbons (Fsp3) is 0.138. The number of pyridine rings is 1. The Morgan fingerprint density at radius 3 is 2.50 bits per heavy atom. The molecule has 5 rings (SSSR count). The first-order chi connectivity index (χ1) is 18.5. The Hall–Kier alpha value is -4.63. The molecular weight excluding hydrogens is 502 g/mol. The van der Waals surface area contributed by atoms with E-state index >= 15 is 0 Å². The highest BCUT2D eigenvalue weighted by atomic mass is 32.1. The summed E-state index contributed by atoms with van der Waals surface area (Å²) in [5.74, 6) is -1.42. The number of benzene rings is 3. The highest BCUT2D eigenvalue weighted by Gasteiger charge is 2.17. The van der Waals surface area contributed by atoms with Crippen LogP contribution in [0.2, 0.25) is 0 Å². The second kappa shape index (κ2) is 10.8. The summed E-state index contributed by atoms with van der Waals surface area (Å²) in [6, 6.07) is 23.7. The van der Waals surface area contributed by atoms with Gasteiger partial charge in [-0.15, -0.1) is 0 Å². The number of aromatic nitrogens is 2. The second-order valence-electron chi connectivity index (χ2n) is 8.31. The van der Waals surface area contributed by atoms with Crippen molar-refractivity contribution in [1.29, 1.82) is 0 Å². The van der Waals surface area contributed by atoms with E-state index in [1.54, 1.807) is 35.8 Å². The van der Waals surface area contributed by atoms with Crippen molar-refractivity contribution in [1.82, 2.24) is 9.55 Å². The van der Waals surface area contributed by atoms with E-state index in [1.165, 1.54) is 18.4 Å². The van der Waals surface area contributed by atoms with Crippen LogP contribution < -0.4 is 4.80 Å². The van der Waals surface area contributed by atoms with Gasteiger partial charge >= 0.3 is 11.9 Å². The zero-order chi connectivity index (χ0) is 26.6. The summed E-state index contributed by atoms with van der Waals surface area (Å²) in [4.78, 5) is 47.7. The molecule has 0 spiro atoms. The van der Waals surface area contributed by atoms with Crippen LogP contribution in [0.15, 0.2) is 83.9 Å². The number of methoxy groups -OCH3 is 1. The van der Waals surface area contributed by atoms with Gasteiger partial charge in [-0.1, -0.05) is 59.9 Å². The van der Waals surface area contributed by atoms with Crippen LogP contribution in [-0.4, -0.2) is 41.1 Å². The summed E-state index contributed by atoms with van der Waals surface area (Å²) < 4.78 is 12.3. The third kappa shape index (κ3) is 4.96. The van der Waals surface area contributed by atoms with Crippen molar-refractivity contribution >= 4 is 50.3 Å². The Kier molecular flexibility index (Phi) is 7.10. The molecule has 0 atom stereocenters. The van der Waals surface area contributed by atoms with Gasteiger partial charge in [0.1, 0.15) is 6.54 Å². The van der Waals surface area contributed by atoms with Gasteiger partial charge < -0.3 is 14.0 Å². The van der Waals surface area contributed by atoms with Gasteiger partial charge in [0.25, 0.3) is 5.91 Å². The fourth-order valence-corrected chi connectivity index (χ4v) is 5.22. The quantitative estimate of drug-likeness (QED) is 0.289. The molecule has 190 valence electrons. The van der Waals surface area contributed by atoms with Crippen molar-refractivity contribution < 1.29 is 23.9 Å². The van der Waals surface area contributed by atoms with Crippen LogP contribution in [0.4, 0.5) is 0 Å². The average Bonchev–Trinajstić information content (AvgIpc) is 3.28. The molecule has 0 radical (unpaired) electrons. The van der Waals surface area contributed by atoms with Gasteiger partial charge in [-0.2, -0.15) is 4.99 Å². The first kappa shape index (κ1) is 25.0. The highest BCUT2D eigenvalue weighted by molar-refractivity contribution is 7.16. The summed E-state index contributed by atoms with van der Waals surface area (Å²) in [6.07, 6.45) is 0. The number of hydrogen-bond donors (Lipinski definition) is 0. The van der Waals surface area contributed by atoms with E-state index in [-0.39, 0.29) is 13.2 Å². The molecule has 5 aromatic rings. The lowest BCUT2D eigenvalue weighted by Gasteiger charge is -2.08. The second-order valence-corrected chi connectivity index (χ2v) is 9.31. The molecule has 38 heavy (non-hydrogen) atoms. The number of rotatable bonds is 6. The number of amides is 1.